The predicted molar refractivity (Wildman–Crippen MR) is 82.2 cm³/mol. The Hall–Kier alpha value is -1.52. The number of methoxy groups -OCH3 is 2. The maximum absolute atomic E-state index is 5.73. The van der Waals surface area contributed by atoms with Gasteiger partial charge >= 0.3 is 0 Å². The van der Waals surface area contributed by atoms with Gasteiger partial charge in [-0.05, 0) is 29.3 Å². The van der Waals surface area contributed by atoms with Crippen LogP contribution >= 0.6 is 15.9 Å². The summed E-state index contributed by atoms with van der Waals surface area (Å²) in [6, 6.07) is 13.8. The van der Waals surface area contributed by atoms with E-state index in [1.807, 2.05) is 42.5 Å². The smallest absolute Gasteiger partial charge is 0.161 e. The van der Waals surface area contributed by atoms with Crippen LogP contribution in [0.3, 0.4) is 0 Å². The fourth-order valence-electron chi connectivity index (χ4n) is 1.86. The second-order valence-corrected chi connectivity index (χ2v) is 5.13. The van der Waals surface area contributed by atoms with Crippen molar-refractivity contribution in [2.75, 3.05) is 14.2 Å². The molecule has 0 saturated heterocycles. The average Bonchev–Trinajstić information content (AvgIpc) is 2.49. The number of hydrogen-bond donors (Lipinski definition) is 0. The van der Waals surface area contributed by atoms with E-state index in [2.05, 4.69) is 15.9 Å². The van der Waals surface area contributed by atoms with E-state index >= 15 is 0 Å². The zero-order chi connectivity index (χ0) is 14.4. The first kappa shape index (κ1) is 14.9. The third-order valence-corrected chi connectivity index (χ3v) is 3.71. The Bertz CT molecular complexity index is 569. The molecule has 0 radical (unpaired) electrons. The lowest BCUT2D eigenvalue weighted by molar-refractivity contribution is 0.106. The predicted octanol–water partition coefficient (Wildman–Crippen LogP) is 4.18. The van der Waals surface area contributed by atoms with Crippen LogP contribution in [0.4, 0.5) is 0 Å². The summed E-state index contributed by atoms with van der Waals surface area (Å²) in [5.41, 5.74) is 2.18. The molecule has 0 spiro atoms. The molecule has 0 aromatic heterocycles. The first-order valence-corrected chi connectivity index (χ1v) is 7.06. The van der Waals surface area contributed by atoms with Crippen molar-refractivity contribution in [3.8, 4) is 11.5 Å². The van der Waals surface area contributed by atoms with Crippen LogP contribution in [0.1, 0.15) is 11.1 Å². The summed E-state index contributed by atoms with van der Waals surface area (Å²) in [6.45, 7) is 1.09. The van der Waals surface area contributed by atoms with Gasteiger partial charge < -0.3 is 14.2 Å². The van der Waals surface area contributed by atoms with Gasteiger partial charge in [0.1, 0.15) is 0 Å². The molecule has 0 heterocycles. The summed E-state index contributed by atoms with van der Waals surface area (Å²) in [7, 11) is 3.25. The van der Waals surface area contributed by atoms with E-state index in [0.717, 1.165) is 27.1 Å². The highest BCUT2D eigenvalue weighted by atomic mass is 79.9. The number of ether oxygens (including phenoxy) is 3. The Morgan fingerprint density at radius 1 is 0.900 bits per heavy atom. The summed E-state index contributed by atoms with van der Waals surface area (Å²) in [5.74, 6) is 1.44. The molecule has 2 aromatic carbocycles. The topological polar surface area (TPSA) is 27.7 Å². The van der Waals surface area contributed by atoms with E-state index in [0.29, 0.717) is 13.2 Å². The lowest BCUT2D eigenvalue weighted by atomic mass is 10.2. The van der Waals surface area contributed by atoms with Crippen LogP contribution in [-0.2, 0) is 18.0 Å². The first-order chi connectivity index (χ1) is 9.74. The Balaban J connectivity index is 1.96. The van der Waals surface area contributed by atoms with E-state index in [9.17, 15) is 0 Å². The SMILES string of the molecule is COc1ccc(COCc2ccccc2Br)cc1OC. The van der Waals surface area contributed by atoms with Crippen molar-refractivity contribution in [2.45, 2.75) is 13.2 Å². The fourth-order valence-corrected chi connectivity index (χ4v) is 2.26. The van der Waals surface area contributed by atoms with Gasteiger partial charge in [-0.3, -0.25) is 0 Å². The molecule has 2 rings (SSSR count). The molecule has 0 fully saturated rings. The summed E-state index contributed by atoms with van der Waals surface area (Å²) < 4.78 is 17.3. The highest BCUT2D eigenvalue weighted by molar-refractivity contribution is 9.10. The minimum atomic E-state index is 0.529. The molecule has 0 aliphatic carbocycles. The lowest BCUT2D eigenvalue weighted by Gasteiger charge is -2.10. The van der Waals surface area contributed by atoms with Gasteiger partial charge in [-0.15, -0.1) is 0 Å². The van der Waals surface area contributed by atoms with E-state index in [1.165, 1.54) is 0 Å². The van der Waals surface area contributed by atoms with Crippen LogP contribution in [0.25, 0.3) is 0 Å². The second kappa shape index (κ2) is 7.31. The van der Waals surface area contributed by atoms with Gasteiger partial charge in [0.05, 0.1) is 27.4 Å². The molecule has 0 atom stereocenters. The van der Waals surface area contributed by atoms with Crippen molar-refractivity contribution >= 4 is 15.9 Å². The van der Waals surface area contributed by atoms with Crippen molar-refractivity contribution in [1.82, 2.24) is 0 Å². The van der Waals surface area contributed by atoms with Gasteiger partial charge in [-0.1, -0.05) is 40.2 Å². The molecule has 0 aliphatic heterocycles. The lowest BCUT2D eigenvalue weighted by Crippen LogP contribution is -1.97. The second-order valence-electron chi connectivity index (χ2n) is 4.27. The van der Waals surface area contributed by atoms with Crippen molar-refractivity contribution < 1.29 is 14.2 Å². The Morgan fingerprint density at radius 3 is 2.35 bits per heavy atom. The van der Waals surface area contributed by atoms with Crippen LogP contribution in [0.15, 0.2) is 46.9 Å². The number of rotatable bonds is 6. The fraction of sp³-hybridized carbons (Fsp3) is 0.250. The van der Waals surface area contributed by atoms with Crippen molar-refractivity contribution in [3.63, 3.8) is 0 Å². The Kier molecular flexibility index (Phi) is 5.44. The van der Waals surface area contributed by atoms with Crippen LogP contribution in [0.2, 0.25) is 0 Å². The van der Waals surface area contributed by atoms with Gasteiger partial charge in [-0.25, -0.2) is 0 Å². The first-order valence-electron chi connectivity index (χ1n) is 6.26. The molecule has 3 nitrogen and oxygen atoms in total. The molecule has 0 bridgehead atoms. The average molecular weight is 337 g/mol. The summed E-state index contributed by atoms with van der Waals surface area (Å²) >= 11 is 3.51. The van der Waals surface area contributed by atoms with Gasteiger partial charge in [0.2, 0.25) is 0 Å². The normalized spacial score (nSPS) is 10.3. The molecule has 4 heteroatoms. The Morgan fingerprint density at radius 2 is 1.65 bits per heavy atom. The highest BCUT2D eigenvalue weighted by Gasteiger charge is 2.05. The minimum Gasteiger partial charge on any atom is -0.493 e. The van der Waals surface area contributed by atoms with E-state index in [-0.39, 0.29) is 0 Å². The van der Waals surface area contributed by atoms with Crippen LogP contribution in [-0.4, -0.2) is 14.2 Å². The molecule has 0 saturated carbocycles. The third-order valence-electron chi connectivity index (χ3n) is 2.93. The number of halogens is 1. The van der Waals surface area contributed by atoms with Crippen molar-refractivity contribution in [1.29, 1.82) is 0 Å². The summed E-state index contributed by atoms with van der Waals surface area (Å²) in [5, 5.41) is 0. The summed E-state index contributed by atoms with van der Waals surface area (Å²) in [4.78, 5) is 0. The van der Waals surface area contributed by atoms with Crippen LogP contribution in [0, 0.1) is 0 Å². The van der Waals surface area contributed by atoms with E-state index < -0.39 is 0 Å². The van der Waals surface area contributed by atoms with Crippen molar-refractivity contribution in [3.05, 3.63) is 58.1 Å². The molecule has 2 aromatic rings. The molecular weight excluding hydrogens is 320 g/mol. The number of hydrogen-bond acceptors (Lipinski definition) is 3. The molecule has 0 amide bonds. The third kappa shape index (κ3) is 3.74. The van der Waals surface area contributed by atoms with Crippen LogP contribution in [0.5, 0.6) is 11.5 Å². The molecule has 0 N–H and O–H groups in total. The molecule has 0 aliphatic rings. The molecule has 20 heavy (non-hydrogen) atoms. The molecular formula is C16H17BrO3. The zero-order valence-corrected chi connectivity index (χ0v) is 13.1. The molecule has 106 valence electrons. The van der Waals surface area contributed by atoms with E-state index in [1.54, 1.807) is 14.2 Å². The van der Waals surface area contributed by atoms with Gasteiger partial charge in [0, 0.05) is 4.47 Å². The molecule has 0 unspecified atom stereocenters. The zero-order valence-electron chi connectivity index (χ0n) is 11.6. The van der Waals surface area contributed by atoms with Crippen LogP contribution < -0.4 is 9.47 Å². The standard InChI is InChI=1S/C16H17BrO3/c1-18-15-8-7-12(9-16(15)19-2)10-20-11-13-5-3-4-6-14(13)17/h3-9H,10-11H2,1-2H3. The van der Waals surface area contributed by atoms with E-state index in [4.69, 9.17) is 14.2 Å². The van der Waals surface area contributed by atoms with Crippen molar-refractivity contribution in [2.24, 2.45) is 0 Å². The highest BCUT2D eigenvalue weighted by Crippen LogP contribution is 2.28. The van der Waals surface area contributed by atoms with Gasteiger partial charge in [0.25, 0.3) is 0 Å². The summed E-state index contributed by atoms with van der Waals surface area (Å²) in [6.07, 6.45) is 0. The van der Waals surface area contributed by atoms with Gasteiger partial charge in [-0.2, -0.15) is 0 Å². The largest absolute Gasteiger partial charge is 0.493 e. The Labute approximate surface area is 127 Å². The number of benzene rings is 2. The quantitative estimate of drug-likeness (QED) is 0.791. The van der Waals surface area contributed by atoms with Gasteiger partial charge in [0.15, 0.2) is 11.5 Å². The monoisotopic (exact) mass is 336 g/mol. The minimum absolute atomic E-state index is 0.529. The maximum Gasteiger partial charge on any atom is 0.161 e. The maximum atomic E-state index is 5.73.